The maximum atomic E-state index is 13.2. The van der Waals surface area contributed by atoms with Gasteiger partial charge in [0.1, 0.15) is 22.4 Å². The molecule has 11 heteroatoms. The summed E-state index contributed by atoms with van der Waals surface area (Å²) in [7, 11) is 0. The number of pyridine rings is 3. The lowest BCUT2D eigenvalue weighted by Gasteiger charge is -2.23. The van der Waals surface area contributed by atoms with Gasteiger partial charge >= 0.3 is 6.18 Å². The zero-order valence-electron chi connectivity index (χ0n) is 15.7. The summed E-state index contributed by atoms with van der Waals surface area (Å²) in [6, 6.07) is 4.47. The van der Waals surface area contributed by atoms with E-state index in [1.807, 2.05) is 4.68 Å². The largest absolute Gasteiger partial charge is 0.419 e. The van der Waals surface area contributed by atoms with E-state index in [1.54, 1.807) is 18.3 Å². The zero-order valence-corrected chi connectivity index (χ0v) is 15.7. The van der Waals surface area contributed by atoms with Gasteiger partial charge in [0.25, 0.3) is 0 Å². The molecule has 30 heavy (non-hydrogen) atoms. The van der Waals surface area contributed by atoms with Gasteiger partial charge in [0.05, 0.1) is 29.0 Å². The van der Waals surface area contributed by atoms with Crippen LogP contribution in [0.15, 0.2) is 30.6 Å². The van der Waals surface area contributed by atoms with Gasteiger partial charge in [0.2, 0.25) is 0 Å². The first-order chi connectivity index (χ1) is 14.4. The minimum absolute atomic E-state index is 0.169. The molecule has 5 heterocycles. The maximum absolute atomic E-state index is 13.2. The Labute approximate surface area is 168 Å². The van der Waals surface area contributed by atoms with Gasteiger partial charge < -0.3 is 11.1 Å². The third-order valence-corrected chi connectivity index (χ3v) is 5.32. The average Bonchev–Trinajstić information content (AvgIpc) is 3.18. The number of nitrogen functional groups attached to an aromatic ring is 1. The minimum Gasteiger partial charge on any atom is -0.383 e. The Kier molecular flexibility index (Phi) is 4.28. The minimum atomic E-state index is -4.60. The van der Waals surface area contributed by atoms with E-state index >= 15 is 0 Å². The first kappa shape index (κ1) is 18.7. The fourth-order valence-corrected chi connectivity index (χ4v) is 3.79. The standard InChI is InChI=1S/C19H17F3N8/c20-19(21,22)12-7-10(8-26-18(12)23)13-1-2-14-16(27-13)17-15(9-25-14)28-29-30(17)11-3-5-24-6-4-11/h1-2,7-9,11,24H,3-6H2,(H2,23,26). The molecule has 0 bridgehead atoms. The predicted molar refractivity (Wildman–Crippen MR) is 104 cm³/mol. The highest BCUT2D eigenvalue weighted by Crippen LogP contribution is 2.35. The van der Waals surface area contributed by atoms with Crippen molar-refractivity contribution in [2.75, 3.05) is 18.8 Å². The van der Waals surface area contributed by atoms with Gasteiger partial charge in [0.15, 0.2) is 0 Å². The van der Waals surface area contributed by atoms with E-state index in [9.17, 15) is 13.2 Å². The van der Waals surface area contributed by atoms with Crippen molar-refractivity contribution in [1.82, 2.24) is 35.3 Å². The van der Waals surface area contributed by atoms with E-state index < -0.39 is 17.6 Å². The van der Waals surface area contributed by atoms with E-state index in [4.69, 9.17) is 5.73 Å². The van der Waals surface area contributed by atoms with Crippen LogP contribution in [-0.2, 0) is 6.18 Å². The summed E-state index contributed by atoms with van der Waals surface area (Å²) in [4.78, 5) is 12.7. The van der Waals surface area contributed by atoms with Crippen LogP contribution in [0.2, 0.25) is 0 Å². The molecular formula is C19H17F3N8. The number of alkyl halides is 3. The van der Waals surface area contributed by atoms with Crippen molar-refractivity contribution in [2.24, 2.45) is 0 Å². The summed E-state index contributed by atoms with van der Waals surface area (Å²) in [5, 5.41) is 11.8. The van der Waals surface area contributed by atoms with Gasteiger partial charge in [-0.3, -0.25) is 4.98 Å². The molecule has 0 aliphatic carbocycles. The van der Waals surface area contributed by atoms with Crippen LogP contribution in [0.25, 0.3) is 33.3 Å². The summed E-state index contributed by atoms with van der Waals surface area (Å²) >= 11 is 0. The number of hydrogen-bond donors (Lipinski definition) is 2. The Bertz CT molecular complexity index is 1240. The second-order valence-electron chi connectivity index (χ2n) is 7.23. The SMILES string of the molecule is Nc1ncc(-c2ccc3ncc4nnn(C5CCNCC5)c4c3n2)cc1C(F)(F)F. The van der Waals surface area contributed by atoms with Gasteiger partial charge in [0, 0.05) is 11.8 Å². The van der Waals surface area contributed by atoms with Crippen LogP contribution in [0.3, 0.4) is 0 Å². The highest BCUT2D eigenvalue weighted by atomic mass is 19.4. The second-order valence-corrected chi connectivity index (χ2v) is 7.23. The molecule has 4 aromatic rings. The van der Waals surface area contributed by atoms with Crippen LogP contribution < -0.4 is 11.1 Å². The Hall–Kier alpha value is -3.34. The molecular weight excluding hydrogens is 397 g/mol. The summed E-state index contributed by atoms with van der Waals surface area (Å²) in [5.41, 5.74) is 7.47. The average molecular weight is 414 g/mol. The molecule has 0 aromatic carbocycles. The highest BCUT2D eigenvalue weighted by Gasteiger charge is 2.34. The number of piperidine rings is 1. The molecule has 8 nitrogen and oxygen atoms in total. The Morgan fingerprint density at radius 2 is 1.87 bits per heavy atom. The molecule has 0 amide bonds. The summed E-state index contributed by atoms with van der Waals surface area (Å²) in [6.07, 6.45) is 0.124. The summed E-state index contributed by atoms with van der Waals surface area (Å²) in [5.74, 6) is -0.565. The highest BCUT2D eigenvalue weighted by molar-refractivity contribution is 5.99. The molecule has 154 valence electrons. The normalized spacial score (nSPS) is 15.8. The molecule has 0 atom stereocenters. The van der Waals surface area contributed by atoms with E-state index in [2.05, 4.69) is 30.6 Å². The van der Waals surface area contributed by atoms with Crippen LogP contribution >= 0.6 is 0 Å². The molecule has 0 unspecified atom stereocenters. The Morgan fingerprint density at radius 3 is 2.63 bits per heavy atom. The summed E-state index contributed by atoms with van der Waals surface area (Å²) in [6.45, 7) is 1.76. The fourth-order valence-electron chi connectivity index (χ4n) is 3.79. The smallest absolute Gasteiger partial charge is 0.383 e. The fraction of sp³-hybridized carbons (Fsp3) is 0.316. The molecule has 3 N–H and O–H groups in total. The molecule has 0 saturated carbocycles. The van der Waals surface area contributed by atoms with Crippen molar-refractivity contribution in [3.63, 3.8) is 0 Å². The number of halogens is 3. The number of nitrogens with one attached hydrogen (secondary N) is 1. The number of nitrogens with two attached hydrogens (primary N) is 1. The monoisotopic (exact) mass is 414 g/mol. The van der Waals surface area contributed by atoms with Gasteiger partial charge in [-0.2, -0.15) is 13.2 Å². The van der Waals surface area contributed by atoms with Crippen LogP contribution in [0, 0.1) is 0 Å². The second kappa shape index (κ2) is 6.87. The number of rotatable bonds is 2. The van der Waals surface area contributed by atoms with Crippen LogP contribution in [-0.4, -0.2) is 43.0 Å². The predicted octanol–water partition coefficient (Wildman–Crippen LogP) is 2.96. The number of fused-ring (bicyclic) bond motifs is 3. The lowest BCUT2D eigenvalue weighted by atomic mass is 10.1. The molecule has 4 aromatic heterocycles. The van der Waals surface area contributed by atoms with Crippen molar-refractivity contribution < 1.29 is 13.2 Å². The quantitative estimate of drug-likeness (QED) is 0.519. The number of hydrogen-bond acceptors (Lipinski definition) is 7. The van der Waals surface area contributed by atoms with Crippen molar-refractivity contribution >= 4 is 27.9 Å². The zero-order chi connectivity index (χ0) is 20.9. The van der Waals surface area contributed by atoms with Crippen molar-refractivity contribution in [1.29, 1.82) is 0 Å². The summed E-state index contributed by atoms with van der Waals surface area (Å²) < 4.78 is 41.6. The molecule has 1 aliphatic rings. The topological polar surface area (TPSA) is 107 Å². The molecule has 0 spiro atoms. The maximum Gasteiger partial charge on any atom is 0.419 e. The van der Waals surface area contributed by atoms with Gasteiger partial charge in [-0.15, -0.1) is 5.10 Å². The van der Waals surface area contributed by atoms with Crippen molar-refractivity contribution in [3.05, 3.63) is 36.2 Å². The molecule has 1 saturated heterocycles. The lowest BCUT2D eigenvalue weighted by Crippen LogP contribution is -2.29. The van der Waals surface area contributed by atoms with E-state index in [0.717, 1.165) is 37.5 Å². The van der Waals surface area contributed by atoms with E-state index in [0.29, 0.717) is 22.2 Å². The third-order valence-electron chi connectivity index (χ3n) is 5.32. The Morgan fingerprint density at radius 1 is 1.07 bits per heavy atom. The molecule has 0 radical (unpaired) electrons. The van der Waals surface area contributed by atoms with Gasteiger partial charge in [-0.05, 0) is 44.1 Å². The molecule has 5 rings (SSSR count). The first-order valence-corrected chi connectivity index (χ1v) is 9.46. The van der Waals surface area contributed by atoms with Crippen molar-refractivity contribution in [3.8, 4) is 11.3 Å². The number of aromatic nitrogens is 6. The number of nitrogens with zero attached hydrogens (tertiary/aromatic N) is 6. The van der Waals surface area contributed by atoms with Gasteiger partial charge in [-0.25, -0.2) is 14.6 Å². The first-order valence-electron chi connectivity index (χ1n) is 9.46. The van der Waals surface area contributed by atoms with Crippen molar-refractivity contribution in [2.45, 2.75) is 25.1 Å². The van der Waals surface area contributed by atoms with Crippen LogP contribution in [0.4, 0.5) is 19.0 Å². The van der Waals surface area contributed by atoms with Crippen LogP contribution in [0.1, 0.15) is 24.4 Å². The van der Waals surface area contributed by atoms with Crippen LogP contribution in [0.5, 0.6) is 0 Å². The lowest BCUT2D eigenvalue weighted by molar-refractivity contribution is -0.137. The van der Waals surface area contributed by atoms with Gasteiger partial charge in [-0.1, -0.05) is 5.21 Å². The Balaban J connectivity index is 1.68. The van der Waals surface area contributed by atoms with E-state index in [-0.39, 0.29) is 11.6 Å². The van der Waals surface area contributed by atoms with E-state index in [1.165, 1.54) is 6.20 Å². The molecule has 1 aliphatic heterocycles. The molecule has 1 fully saturated rings. The third kappa shape index (κ3) is 3.11. The number of anilines is 1.